The molecule has 4 nitrogen and oxygen atoms in total. The molecule has 0 saturated heterocycles. The molecule has 0 bridgehead atoms. The van der Waals surface area contributed by atoms with Crippen molar-refractivity contribution in [2.24, 2.45) is 5.16 Å². The SMILES string of the molecule is Cc1ccc(NC(=O)CON=Cc2cccs2)c(Cl)c1. The molecule has 1 aromatic heterocycles. The Morgan fingerprint density at radius 3 is 3.05 bits per heavy atom. The van der Waals surface area contributed by atoms with Gasteiger partial charge in [0, 0.05) is 4.88 Å². The van der Waals surface area contributed by atoms with E-state index in [1.807, 2.05) is 30.5 Å². The standard InChI is InChI=1S/C14H13ClN2O2S/c1-10-4-5-13(12(15)7-10)17-14(18)9-19-16-8-11-3-2-6-20-11/h2-8H,9H2,1H3,(H,17,18). The summed E-state index contributed by atoms with van der Waals surface area (Å²) >= 11 is 7.56. The van der Waals surface area contributed by atoms with E-state index in [-0.39, 0.29) is 12.5 Å². The molecule has 1 amide bonds. The molecule has 20 heavy (non-hydrogen) atoms. The van der Waals surface area contributed by atoms with E-state index in [9.17, 15) is 4.79 Å². The van der Waals surface area contributed by atoms with Gasteiger partial charge in [0.15, 0.2) is 6.61 Å². The van der Waals surface area contributed by atoms with Gasteiger partial charge in [0.25, 0.3) is 5.91 Å². The van der Waals surface area contributed by atoms with Gasteiger partial charge in [-0.15, -0.1) is 11.3 Å². The van der Waals surface area contributed by atoms with Crippen LogP contribution in [0.25, 0.3) is 0 Å². The minimum atomic E-state index is -0.306. The number of carbonyl (C=O) groups excluding carboxylic acids is 1. The molecule has 1 aromatic carbocycles. The number of oxime groups is 1. The maximum Gasteiger partial charge on any atom is 0.265 e. The van der Waals surface area contributed by atoms with E-state index in [1.54, 1.807) is 29.7 Å². The third kappa shape index (κ3) is 4.36. The van der Waals surface area contributed by atoms with Gasteiger partial charge < -0.3 is 10.2 Å². The van der Waals surface area contributed by atoms with Gasteiger partial charge in [-0.25, -0.2) is 0 Å². The fourth-order valence-electron chi connectivity index (χ4n) is 1.46. The van der Waals surface area contributed by atoms with Crippen molar-refractivity contribution in [1.82, 2.24) is 0 Å². The number of hydrogen-bond acceptors (Lipinski definition) is 4. The van der Waals surface area contributed by atoms with Gasteiger partial charge in [0.05, 0.1) is 16.9 Å². The molecule has 104 valence electrons. The Labute approximate surface area is 126 Å². The number of rotatable bonds is 5. The third-order valence-corrected chi connectivity index (χ3v) is 3.51. The molecular weight excluding hydrogens is 296 g/mol. The number of carbonyl (C=O) groups is 1. The summed E-state index contributed by atoms with van der Waals surface area (Å²) in [5, 5.41) is 8.83. The summed E-state index contributed by atoms with van der Waals surface area (Å²) in [6.07, 6.45) is 1.57. The lowest BCUT2D eigenvalue weighted by atomic mass is 10.2. The summed E-state index contributed by atoms with van der Waals surface area (Å²) in [4.78, 5) is 17.5. The van der Waals surface area contributed by atoms with Gasteiger partial charge in [0.1, 0.15) is 0 Å². The van der Waals surface area contributed by atoms with Crippen LogP contribution in [0.5, 0.6) is 0 Å². The second-order valence-electron chi connectivity index (χ2n) is 4.05. The number of nitrogens with one attached hydrogen (secondary N) is 1. The minimum Gasteiger partial charge on any atom is -0.386 e. The molecule has 0 atom stereocenters. The van der Waals surface area contributed by atoms with Gasteiger partial charge in [-0.1, -0.05) is 28.9 Å². The van der Waals surface area contributed by atoms with Crippen molar-refractivity contribution >= 4 is 40.7 Å². The van der Waals surface area contributed by atoms with Gasteiger partial charge in [-0.2, -0.15) is 0 Å². The first-order valence-electron chi connectivity index (χ1n) is 5.90. The van der Waals surface area contributed by atoms with Crippen LogP contribution in [0, 0.1) is 6.92 Å². The molecule has 0 unspecified atom stereocenters. The van der Waals surface area contributed by atoms with Crippen molar-refractivity contribution in [3.05, 3.63) is 51.2 Å². The van der Waals surface area contributed by atoms with Crippen LogP contribution in [0.2, 0.25) is 5.02 Å². The van der Waals surface area contributed by atoms with E-state index in [0.717, 1.165) is 10.4 Å². The molecule has 0 aliphatic rings. The third-order valence-electron chi connectivity index (χ3n) is 2.39. The maximum absolute atomic E-state index is 11.6. The predicted octanol–water partition coefficient (Wildman–Crippen LogP) is 3.70. The largest absolute Gasteiger partial charge is 0.386 e. The molecule has 0 aliphatic carbocycles. The molecule has 0 fully saturated rings. The lowest BCUT2D eigenvalue weighted by Gasteiger charge is -2.06. The van der Waals surface area contributed by atoms with E-state index in [4.69, 9.17) is 16.4 Å². The number of anilines is 1. The highest BCUT2D eigenvalue weighted by molar-refractivity contribution is 7.11. The van der Waals surface area contributed by atoms with E-state index in [2.05, 4.69) is 10.5 Å². The summed E-state index contributed by atoms with van der Waals surface area (Å²) in [7, 11) is 0. The van der Waals surface area contributed by atoms with Gasteiger partial charge in [-0.3, -0.25) is 4.79 Å². The quantitative estimate of drug-likeness (QED) is 0.676. The lowest BCUT2D eigenvalue weighted by molar-refractivity contribution is -0.120. The average molecular weight is 309 g/mol. The summed E-state index contributed by atoms with van der Waals surface area (Å²) in [5.41, 5.74) is 1.60. The minimum absolute atomic E-state index is 0.161. The van der Waals surface area contributed by atoms with Crippen LogP contribution in [0.4, 0.5) is 5.69 Å². The molecule has 2 aromatic rings. The van der Waals surface area contributed by atoms with Gasteiger partial charge in [-0.05, 0) is 36.1 Å². The Kier molecular flexibility index (Phi) is 5.15. The monoisotopic (exact) mass is 308 g/mol. The molecule has 2 rings (SSSR count). The first-order valence-corrected chi connectivity index (χ1v) is 7.16. The number of nitrogens with zero attached hydrogens (tertiary/aromatic N) is 1. The predicted molar refractivity (Wildman–Crippen MR) is 82.7 cm³/mol. The number of aryl methyl sites for hydroxylation is 1. The maximum atomic E-state index is 11.6. The number of amides is 1. The molecule has 1 heterocycles. The van der Waals surface area contributed by atoms with Crippen LogP contribution < -0.4 is 5.32 Å². The molecule has 1 N–H and O–H groups in total. The zero-order chi connectivity index (χ0) is 14.4. The van der Waals surface area contributed by atoms with E-state index in [1.165, 1.54) is 0 Å². The summed E-state index contributed by atoms with van der Waals surface area (Å²) in [6, 6.07) is 9.23. The van der Waals surface area contributed by atoms with Crippen LogP contribution in [0.1, 0.15) is 10.4 Å². The Balaban J connectivity index is 1.80. The number of benzene rings is 1. The number of hydrogen-bond donors (Lipinski definition) is 1. The number of halogens is 1. The van der Waals surface area contributed by atoms with Crippen molar-refractivity contribution in [1.29, 1.82) is 0 Å². The molecule has 0 aliphatic heterocycles. The Hall–Kier alpha value is -1.85. The summed E-state index contributed by atoms with van der Waals surface area (Å²) < 4.78 is 0. The van der Waals surface area contributed by atoms with E-state index < -0.39 is 0 Å². The highest BCUT2D eigenvalue weighted by Crippen LogP contribution is 2.22. The molecule has 0 spiro atoms. The van der Waals surface area contributed by atoms with Crippen molar-refractivity contribution in [3.8, 4) is 0 Å². The van der Waals surface area contributed by atoms with Crippen molar-refractivity contribution < 1.29 is 9.63 Å². The van der Waals surface area contributed by atoms with Gasteiger partial charge in [0.2, 0.25) is 0 Å². The fourth-order valence-corrected chi connectivity index (χ4v) is 2.32. The average Bonchev–Trinajstić information content (AvgIpc) is 2.91. The zero-order valence-electron chi connectivity index (χ0n) is 10.8. The van der Waals surface area contributed by atoms with Crippen molar-refractivity contribution in [3.63, 3.8) is 0 Å². The Morgan fingerprint density at radius 2 is 2.35 bits per heavy atom. The highest BCUT2D eigenvalue weighted by Gasteiger charge is 2.06. The van der Waals surface area contributed by atoms with Crippen LogP contribution in [0.3, 0.4) is 0 Å². The topological polar surface area (TPSA) is 50.7 Å². The highest BCUT2D eigenvalue weighted by atomic mass is 35.5. The van der Waals surface area contributed by atoms with E-state index in [0.29, 0.717) is 10.7 Å². The molecule has 0 saturated carbocycles. The first-order chi connectivity index (χ1) is 9.65. The second-order valence-corrected chi connectivity index (χ2v) is 5.44. The van der Waals surface area contributed by atoms with Crippen LogP contribution in [-0.2, 0) is 9.63 Å². The normalized spacial score (nSPS) is 10.7. The smallest absolute Gasteiger partial charge is 0.265 e. The first kappa shape index (κ1) is 14.6. The van der Waals surface area contributed by atoms with Crippen LogP contribution >= 0.6 is 22.9 Å². The fraction of sp³-hybridized carbons (Fsp3) is 0.143. The second kappa shape index (κ2) is 7.07. The number of thiophene rings is 1. The summed E-state index contributed by atoms with van der Waals surface area (Å²) in [6.45, 7) is 1.77. The van der Waals surface area contributed by atoms with Gasteiger partial charge >= 0.3 is 0 Å². The molecule has 6 heteroatoms. The Bertz CT molecular complexity index is 612. The van der Waals surface area contributed by atoms with E-state index >= 15 is 0 Å². The summed E-state index contributed by atoms with van der Waals surface area (Å²) in [5.74, 6) is -0.306. The van der Waals surface area contributed by atoms with Crippen LogP contribution in [-0.4, -0.2) is 18.7 Å². The van der Waals surface area contributed by atoms with Crippen LogP contribution in [0.15, 0.2) is 40.9 Å². The molecule has 0 radical (unpaired) electrons. The van der Waals surface area contributed by atoms with Crippen molar-refractivity contribution in [2.75, 3.05) is 11.9 Å². The lowest BCUT2D eigenvalue weighted by Crippen LogP contribution is -2.17. The molecular formula is C14H13ClN2O2S. The van der Waals surface area contributed by atoms with Crippen molar-refractivity contribution in [2.45, 2.75) is 6.92 Å². The Morgan fingerprint density at radius 1 is 1.50 bits per heavy atom. The zero-order valence-corrected chi connectivity index (χ0v) is 12.4.